The lowest BCUT2D eigenvalue weighted by Crippen LogP contribution is -2.61. The minimum Gasteiger partial charge on any atom is -0.388 e. The van der Waals surface area contributed by atoms with Crippen molar-refractivity contribution in [2.24, 2.45) is 16.7 Å². The summed E-state index contributed by atoms with van der Waals surface area (Å²) in [6, 6.07) is -0.175. The molecule has 0 aromatic heterocycles. The minimum atomic E-state index is -3.50. The van der Waals surface area contributed by atoms with Gasteiger partial charge in [-0.25, -0.2) is 8.42 Å². The lowest BCUT2D eigenvalue weighted by molar-refractivity contribution is -0.114. The zero-order valence-corrected chi connectivity index (χ0v) is 19.4. The van der Waals surface area contributed by atoms with E-state index in [4.69, 9.17) is 4.74 Å². The van der Waals surface area contributed by atoms with Crippen molar-refractivity contribution >= 4 is 10.0 Å². The summed E-state index contributed by atoms with van der Waals surface area (Å²) in [6.07, 6.45) is 2.50. The number of ether oxygens (including phenoxy) is 1. The van der Waals surface area contributed by atoms with E-state index in [0.717, 1.165) is 25.9 Å². The average Bonchev–Trinajstić information content (AvgIpc) is 2.86. The largest absolute Gasteiger partial charge is 0.388 e. The first-order valence-electron chi connectivity index (χ1n) is 10.9. The third kappa shape index (κ3) is 3.45. The molecule has 0 radical (unpaired) electrons. The Kier molecular flexibility index (Phi) is 6.01. The van der Waals surface area contributed by atoms with Crippen LogP contribution in [-0.4, -0.2) is 79.0 Å². The summed E-state index contributed by atoms with van der Waals surface area (Å²) in [7, 11) is -3.50. The molecule has 1 saturated heterocycles. The van der Waals surface area contributed by atoms with Crippen LogP contribution < -0.4 is 0 Å². The van der Waals surface area contributed by atoms with Gasteiger partial charge in [-0.1, -0.05) is 13.8 Å². The van der Waals surface area contributed by atoms with Crippen molar-refractivity contribution < 1.29 is 18.3 Å². The molecule has 28 heavy (non-hydrogen) atoms. The Morgan fingerprint density at radius 3 is 2.21 bits per heavy atom. The number of nitrogens with zero attached hydrogens (tertiary/aromatic N) is 2. The van der Waals surface area contributed by atoms with Crippen LogP contribution in [0.25, 0.3) is 0 Å². The number of rotatable bonds is 7. The number of fused-ring (bicyclic) bond motifs is 2. The summed E-state index contributed by atoms with van der Waals surface area (Å²) in [5.74, 6) is 0.418. The van der Waals surface area contributed by atoms with E-state index in [1.54, 1.807) is 4.31 Å². The van der Waals surface area contributed by atoms with E-state index in [1.807, 2.05) is 27.7 Å². The van der Waals surface area contributed by atoms with E-state index in [0.29, 0.717) is 32.1 Å². The van der Waals surface area contributed by atoms with Gasteiger partial charge in [0.2, 0.25) is 10.0 Å². The molecule has 1 heterocycles. The molecule has 1 N–H and O–H groups in total. The minimum absolute atomic E-state index is 0.0424. The molecule has 3 fully saturated rings. The molecule has 7 heteroatoms. The number of sulfonamides is 1. The predicted octanol–water partition coefficient (Wildman–Crippen LogP) is 2.32. The van der Waals surface area contributed by atoms with Crippen LogP contribution >= 0.6 is 0 Å². The lowest BCUT2D eigenvalue weighted by Gasteiger charge is -2.50. The maximum Gasteiger partial charge on any atom is 0.215 e. The van der Waals surface area contributed by atoms with E-state index in [1.165, 1.54) is 0 Å². The molecule has 164 valence electrons. The van der Waals surface area contributed by atoms with Crippen LogP contribution in [0.15, 0.2) is 0 Å². The molecule has 3 aliphatic rings. The first kappa shape index (κ1) is 22.5. The number of hydrogen-bond donors (Lipinski definition) is 1. The molecule has 0 spiro atoms. The highest BCUT2D eigenvalue weighted by Gasteiger charge is 2.72. The molecule has 2 unspecified atom stereocenters. The van der Waals surface area contributed by atoms with Gasteiger partial charge in [0.15, 0.2) is 0 Å². The molecule has 2 saturated carbocycles. The fourth-order valence-corrected chi connectivity index (χ4v) is 9.49. The predicted molar refractivity (Wildman–Crippen MR) is 112 cm³/mol. The van der Waals surface area contributed by atoms with Crippen LogP contribution in [0.2, 0.25) is 0 Å². The molecule has 2 bridgehead atoms. The van der Waals surface area contributed by atoms with Crippen molar-refractivity contribution in [3.05, 3.63) is 0 Å². The van der Waals surface area contributed by atoms with Crippen LogP contribution in [0.4, 0.5) is 0 Å². The second-order valence-corrected chi connectivity index (χ2v) is 12.3. The fourth-order valence-electron chi connectivity index (χ4n) is 6.65. The topological polar surface area (TPSA) is 70.1 Å². The van der Waals surface area contributed by atoms with Crippen LogP contribution in [0, 0.1) is 16.7 Å². The molecule has 0 aromatic rings. The van der Waals surface area contributed by atoms with Crippen LogP contribution in [0.3, 0.4) is 0 Å². The number of aliphatic hydroxyl groups is 1. The van der Waals surface area contributed by atoms with E-state index < -0.39 is 21.0 Å². The Hall–Kier alpha value is -0.210. The van der Waals surface area contributed by atoms with Crippen molar-refractivity contribution in [2.75, 3.05) is 38.6 Å². The molecule has 1 aliphatic heterocycles. The van der Waals surface area contributed by atoms with Gasteiger partial charge in [0.25, 0.3) is 0 Å². The van der Waals surface area contributed by atoms with Gasteiger partial charge in [-0.3, -0.25) is 4.90 Å². The maximum absolute atomic E-state index is 13.6. The first-order chi connectivity index (χ1) is 12.9. The van der Waals surface area contributed by atoms with Crippen molar-refractivity contribution in [3.63, 3.8) is 0 Å². The second kappa shape index (κ2) is 7.49. The van der Waals surface area contributed by atoms with Gasteiger partial charge in [0, 0.05) is 37.1 Å². The van der Waals surface area contributed by atoms with Crippen molar-refractivity contribution in [1.29, 1.82) is 0 Å². The summed E-state index contributed by atoms with van der Waals surface area (Å²) in [4.78, 5) is 2.26. The van der Waals surface area contributed by atoms with E-state index >= 15 is 0 Å². The monoisotopic (exact) mass is 416 g/mol. The van der Waals surface area contributed by atoms with E-state index in [9.17, 15) is 13.5 Å². The Bertz CT molecular complexity index is 664. The lowest BCUT2D eigenvalue weighted by atomic mass is 9.64. The van der Waals surface area contributed by atoms with Gasteiger partial charge < -0.3 is 9.84 Å². The molecule has 0 aromatic carbocycles. The Balaban J connectivity index is 1.96. The normalized spacial score (nSPS) is 36.1. The Morgan fingerprint density at radius 2 is 1.71 bits per heavy atom. The van der Waals surface area contributed by atoms with Gasteiger partial charge in [0.1, 0.15) is 0 Å². The zero-order chi connectivity index (χ0) is 21.0. The summed E-state index contributed by atoms with van der Waals surface area (Å²) in [5.41, 5.74) is -1.77. The van der Waals surface area contributed by atoms with Crippen molar-refractivity contribution in [3.8, 4) is 0 Å². The first-order valence-corrected chi connectivity index (χ1v) is 12.5. The third-order valence-corrected chi connectivity index (χ3v) is 10.3. The quantitative estimate of drug-likeness (QED) is 0.690. The highest BCUT2D eigenvalue weighted by atomic mass is 32.2. The zero-order valence-electron chi connectivity index (χ0n) is 18.6. The van der Waals surface area contributed by atoms with Gasteiger partial charge in [-0.05, 0) is 58.3 Å². The highest BCUT2D eigenvalue weighted by Crippen LogP contribution is 2.70. The SMILES string of the molecule is CC(C)N(C(C)C)S(=O)(=O)CC12CCC(C[C@@]1(O)CN1CCOCC1)C2(C)C. The molecular weight excluding hydrogens is 376 g/mol. The standard InChI is InChI=1S/C21H40N2O4S/c1-16(2)23(17(3)4)28(25,26)15-20-8-7-18(19(20,5)6)13-21(20,24)14-22-9-11-27-12-10-22/h16-18,24H,7-15H2,1-6H3/t18?,20?,21-/m1/s1. The van der Waals surface area contributed by atoms with Crippen LogP contribution in [0.1, 0.15) is 60.8 Å². The van der Waals surface area contributed by atoms with Crippen molar-refractivity contribution in [1.82, 2.24) is 9.21 Å². The Labute approximate surface area is 171 Å². The smallest absolute Gasteiger partial charge is 0.215 e. The fraction of sp³-hybridized carbons (Fsp3) is 1.00. The van der Waals surface area contributed by atoms with Crippen molar-refractivity contribution in [2.45, 2.75) is 78.5 Å². The third-order valence-electron chi connectivity index (χ3n) is 8.01. The van der Waals surface area contributed by atoms with E-state index in [2.05, 4.69) is 18.7 Å². The second-order valence-electron chi connectivity index (χ2n) is 10.4. The summed E-state index contributed by atoms with van der Waals surface area (Å²) < 4.78 is 34.3. The molecule has 2 aliphatic carbocycles. The average molecular weight is 417 g/mol. The van der Waals surface area contributed by atoms with Gasteiger partial charge in [0.05, 0.1) is 24.6 Å². The molecule has 6 nitrogen and oxygen atoms in total. The van der Waals surface area contributed by atoms with Crippen LogP contribution in [0.5, 0.6) is 0 Å². The molecule has 0 amide bonds. The number of morpholine rings is 1. The Morgan fingerprint density at radius 1 is 1.14 bits per heavy atom. The van der Waals surface area contributed by atoms with Gasteiger partial charge >= 0.3 is 0 Å². The maximum atomic E-state index is 13.6. The number of β-amino-alcohol motifs (C(OH)–C–C–N with tert-alkyl or cyclic N) is 1. The van der Waals surface area contributed by atoms with E-state index in [-0.39, 0.29) is 23.3 Å². The van der Waals surface area contributed by atoms with Crippen LogP contribution in [-0.2, 0) is 14.8 Å². The molecular formula is C21H40N2O4S. The highest BCUT2D eigenvalue weighted by molar-refractivity contribution is 7.89. The summed E-state index contributed by atoms with van der Waals surface area (Å²) in [6.45, 7) is 15.7. The number of hydrogen-bond acceptors (Lipinski definition) is 5. The summed E-state index contributed by atoms with van der Waals surface area (Å²) >= 11 is 0. The summed E-state index contributed by atoms with van der Waals surface area (Å²) in [5, 5.41) is 12.0. The molecule has 3 atom stereocenters. The van der Waals surface area contributed by atoms with Gasteiger partial charge in [-0.2, -0.15) is 4.31 Å². The van der Waals surface area contributed by atoms with Gasteiger partial charge in [-0.15, -0.1) is 0 Å². The molecule has 3 rings (SSSR count).